The Morgan fingerprint density at radius 3 is 1.57 bits per heavy atom. The van der Waals surface area contributed by atoms with Crippen molar-refractivity contribution in [1.29, 1.82) is 5.26 Å². The fourth-order valence-electron chi connectivity index (χ4n) is 10.2. The molecule has 12 rings (SSSR count). The molecular weight excluding hydrogens is 937 g/mol. The lowest BCUT2D eigenvalue weighted by atomic mass is 9.50. The van der Waals surface area contributed by atoms with E-state index in [4.69, 9.17) is 33.2 Å². The second kappa shape index (κ2) is 18.1. The molecule has 1 aliphatic carbocycles. The Labute approximate surface area is 423 Å². The maximum atomic E-state index is 12.0. The molecule has 0 saturated heterocycles. The predicted molar refractivity (Wildman–Crippen MR) is 294 cm³/mol. The third kappa shape index (κ3) is 7.56. The number of rotatable bonds is 10. The van der Waals surface area contributed by atoms with Gasteiger partial charge in [0.1, 0.15) is 21.7 Å². The van der Waals surface area contributed by atoms with E-state index >= 15 is 0 Å². The van der Waals surface area contributed by atoms with Crippen molar-refractivity contribution in [3.05, 3.63) is 235 Å². The second-order valence-corrected chi connectivity index (χ2v) is 20.6. The molecule has 0 bridgehead atoms. The Morgan fingerprint density at radius 2 is 1.09 bits per heavy atom. The molecule has 6 nitrogen and oxygen atoms in total. The Hall–Kier alpha value is -7.43. The zero-order chi connectivity index (χ0) is 47.5. The van der Waals surface area contributed by atoms with Crippen molar-refractivity contribution in [1.82, 2.24) is 18.9 Å². The lowest BCUT2D eigenvalue weighted by Gasteiger charge is -2.24. The molecule has 1 fully saturated rings. The quantitative estimate of drug-likeness (QED) is 0.101. The minimum Gasteiger partial charge on any atom is -0.384 e. The summed E-state index contributed by atoms with van der Waals surface area (Å²) in [7, 11) is 0. The summed E-state index contributed by atoms with van der Waals surface area (Å²) in [5.74, 6) is 0.104. The van der Waals surface area contributed by atoms with Crippen LogP contribution in [0.25, 0.3) is 58.6 Å². The van der Waals surface area contributed by atoms with Gasteiger partial charge in [-0.1, -0.05) is 191 Å². The van der Waals surface area contributed by atoms with Crippen LogP contribution in [0.5, 0.6) is 0 Å². The maximum Gasteiger partial charge on any atom is 0.327 e. The summed E-state index contributed by atoms with van der Waals surface area (Å²) in [5, 5.41) is 17.8. The van der Waals surface area contributed by atoms with Gasteiger partial charge in [-0.05, 0) is 67.6 Å². The number of nitriles is 1. The molecule has 332 valence electrons. The number of nitrogens with zero attached hydrogens (tertiary/aromatic N) is 6. The molecule has 1 aliphatic rings. The van der Waals surface area contributed by atoms with Crippen LogP contribution >= 0.6 is 45.9 Å². The van der Waals surface area contributed by atoms with Crippen LogP contribution in [-0.4, -0.2) is 32.6 Å². The number of benzene rings is 7. The SMILES string of the molecule is [C-]#[N+]/C(c1nc2ccc(Cl)cc2s1)=c1\c2c(C3CC3)n(B(c3ccccc3)c3ccccc3)/c(=C(/C#N)c3nc4ccc(Cl)cc4s3)c2c(-c2ccccc2C)n1B(c1ccccc1)c1ccccc1. The van der Waals surface area contributed by atoms with Gasteiger partial charge in [0.05, 0.1) is 32.4 Å². The molecule has 0 amide bonds. The van der Waals surface area contributed by atoms with Crippen LogP contribution in [0.4, 0.5) is 0 Å². The van der Waals surface area contributed by atoms with Crippen molar-refractivity contribution in [3.8, 4) is 17.3 Å². The fourth-order valence-corrected chi connectivity index (χ4v) is 12.7. The molecule has 0 atom stereocenters. The average molecular weight is 976 g/mol. The summed E-state index contributed by atoms with van der Waals surface area (Å²) in [6, 6.07) is 65.0. The smallest absolute Gasteiger partial charge is 0.327 e. The van der Waals surface area contributed by atoms with Crippen molar-refractivity contribution in [2.45, 2.75) is 25.7 Å². The molecule has 70 heavy (non-hydrogen) atoms. The molecular formula is C58H38B2Cl2N6S2. The molecule has 0 spiro atoms. The highest BCUT2D eigenvalue weighted by molar-refractivity contribution is 7.20. The predicted octanol–water partition coefficient (Wildman–Crippen LogP) is 10.9. The highest BCUT2D eigenvalue weighted by Gasteiger charge is 2.41. The highest BCUT2D eigenvalue weighted by atomic mass is 35.5. The van der Waals surface area contributed by atoms with Crippen LogP contribution in [0, 0.1) is 24.8 Å². The molecule has 0 unspecified atom stereocenters. The first-order valence-corrected chi connectivity index (χ1v) is 25.5. The molecule has 0 radical (unpaired) electrons. The Morgan fingerprint density at radius 1 is 0.614 bits per heavy atom. The van der Waals surface area contributed by atoms with Crippen molar-refractivity contribution < 1.29 is 0 Å². The van der Waals surface area contributed by atoms with E-state index in [0.29, 0.717) is 31.3 Å². The molecule has 11 aromatic rings. The first-order chi connectivity index (χ1) is 34.4. The van der Waals surface area contributed by atoms with Gasteiger partial charge in [-0.25, -0.2) is 14.8 Å². The largest absolute Gasteiger partial charge is 0.384 e. The Kier molecular flexibility index (Phi) is 11.4. The monoisotopic (exact) mass is 974 g/mol. The van der Waals surface area contributed by atoms with E-state index in [1.807, 2.05) is 60.7 Å². The van der Waals surface area contributed by atoms with Crippen molar-refractivity contribution in [3.63, 3.8) is 0 Å². The molecule has 7 aromatic carbocycles. The van der Waals surface area contributed by atoms with Gasteiger partial charge in [0.15, 0.2) is 0 Å². The van der Waals surface area contributed by atoms with Crippen LogP contribution in [0.1, 0.15) is 40.0 Å². The van der Waals surface area contributed by atoms with Crippen molar-refractivity contribution in [2.24, 2.45) is 0 Å². The van der Waals surface area contributed by atoms with Crippen molar-refractivity contribution >= 4 is 124 Å². The molecule has 0 aliphatic heterocycles. The standard InChI is InChI=1S/C58H38B2Cl2N6S2/c1-36-17-15-16-26-44(36)54-51-50(56(52(64-2)58-66-47-32-30-43(62)34-49(47)70-58)68(54)60(40-22-11-5-12-23-40)41-24-13-6-14-25-41)53(37-27-28-37)67(59(38-18-7-3-8-19-38)39-20-9-4-10-21-39)55(51)45(35-63)57-65-46-31-29-42(61)33-48(46)69-57/h3-26,29-34,37H,27-28H2,1H3/b55-45-,56-52+. The summed E-state index contributed by atoms with van der Waals surface area (Å²) in [6.45, 7) is 10.7. The maximum absolute atomic E-state index is 12.0. The number of halogens is 2. The Bertz CT molecular complexity index is 3860. The van der Waals surface area contributed by atoms with Gasteiger partial charge in [-0.2, -0.15) is 5.26 Å². The van der Waals surface area contributed by atoms with Gasteiger partial charge >= 0.3 is 13.7 Å². The topological polar surface area (TPSA) is 63.8 Å². The summed E-state index contributed by atoms with van der Waals surface area (Å²) < 4.78 is 6.65. The van der Waals surface area contributed by atoms with E-state index in [1.165, 1.54) is 22.7 Å². The van der Waals surface area contributed by atoms with E-state index in [2.05, 4.69) is 148 Å². The molecule has 0 N–H and O–H groups in total. The van der Waals surface area contributed by atoms with E-state index in [-0.39, 0.29) is 12.8 Å². The summed E-state index contributed by atoms with van der Waals surface area (Å²) in [5.41, 5.74) is 10.6. The van der Waals surface area contributed by atoms with Crippen LogP contribution in [0.3, 0.4) is 0 Å². The third-order valence-electron chi connectivity index (χ3n) is 13.3. The van der Waals surface area contributed by atoms with Crippen LogP contribution in [0.15, 0.2) is 182 Å². The normalized spacial score (nSPS) is 13.3. The average Bonchev–Trinajstić information content (AvgIpc) is 3.71. The van der Waals surface area contributed by atoms with Gasteiger partial charge in [-0.3, -0.25) is 0 Å². The highest BCUT2D eigenvalue weighted by Crippen LogP contribution is 2.45. The number of aryl methyl sites for hydroxylation is 1. The number of hydrogen-bond donors (Lipinski definition) is 0. The van der Waals surface area contributed by atoms with Gasteiger partial charge < -0.3 is 8.96 Å². The van der Waals surface area contributed by atoms with Gasteiger partial charge in [-0.15, -0.1) is 22.7 Å². The van der Waals surface area contributed by atoms with Gasteiger partial charge in [0.25, 0.3) is 0 Å². The van der Waals surface area contributed by atoms with E-state index in [1.54, 1.807) is 0 Å². The zero-order valence-corrected chi connectivity index (χ0v) is 40.9. The number of fused-ring (bicyclic) bond motifs is 3. The van der Waals surface area contributed by atoms with E-state index in [0.717, 1.165) is 99.1 Å². The van der Waals surface area contributed by atoms with Crippen LogP contribution in [0.2, 0.25) is 10.0 Å². The van der Waals surface area contributed by atoms with E-state index in [9.17, 15) is 11.8 Å². The lowest BCUT2D eigenvalue weighted by molar-refractivity contribution is 0.971. The zero-order valence-electron chi connectivity index (χ0n) is 37.7. The second-order valence-electron chi connectivity index (χ2n) is 17.7. The molecule has 1 saturated carbocycles. The van der Waals surface area contributed by atoms with Crippen LogP contribution < -0.4 is 32.5 Å². The minimum absolute atomic E-state index is 0.104. The summed E-state index contributed by atoms with van der Waals surface area (Å²) in [4.78, 5) is 15.1. The molecule has 4 aromatic heterocycles. The van der Waals surface area contributed by atoms with Crippen LogP contribution in [-0.2, 0) is 0 Å². The number of thiazole rings is 2. The summed E-state index contributed by atoms with van der Waals surface area (Å²) >= 11 is 16.2. The Balaban J connectivity index is 1.42. The third-order valence-corrected chi connectivity index (χ3v) is 15.9. The van der Waals surface area contributed by atoms with Gasteiger partial charge in [0.2, 0.25) is 5.70 Å². The van der Waals surface area contributed by atoms with Gasteiger partial charge in [0, 0.05) is 43.1 Å². The molecule has 12 heteroatoms. The summed E-state index contributed by atoms with van der Waals surface area (Å²) in [6.07, 6.45) is 1.88. The van der Waals surface area contributed by atoms with E-state index < -0.39 is 6.85 Å². The molecule has 4 heterocycles. The first kappa shape index (κ1) is 43.8. The first-order valence-electron chi connectivity index (χ1n) is 23.1. The lowest BCUT2D eigenvalue weighted by Crippen LogP contribution is -2.54. The number of hydrogen-bond acceptors (Lipinski definition) is 5. The number of aromatic nitrogens is 4. The fraction of sp³-hybridized carbons (Fsp3) is 0.0690. The van der Waals surface area contributed by atoms with Crippen molar-refractivity contribution in [2.75, 3.05) is 0 Å². The minimum atomic E-state index is -0.428.